The fourth-order valence-electron chi connectivity index (χ4n) is 3.22. The third-order valence-electron chi connectivity index (χ3n) is 4.63. The maximum absolute atomic E-state index is 13.2. The topological polar surface area (TPSA) is 75.7 Å². The van der Waals surface area contributed by atoms with Gasteiger partial charge in [0, 0.05) is 12.3 Å². The monoisotopic (exact) mass is 314 g/mol. The Bertz CT molecular complexity index is 554. The molecule has 22 heavy (non-hydrogen) atoms. The third-order valence-corrected chi connectivity index (χ3v) is 4.63. The van der Waals surface area contributed by atoms with Gasteiger partial charge < -0.3 is 10.1 Å². The molecule has 2 fully saturated rings. The molecule has 2 rings (SSSR count). The second kappa shape index (κ2) is 5.23. The number of urea groups is 1. The molecule has 2 atom stereocenters. The predicted molar refractivity (Wildman–Crippen MR) is 70.4 cm³/mol. The number of carbonyl (C=O) groups is 3. The van der Waals surface area contributed by atoms with Gasteiger partial charge in [0.2, 0.25) is 6.43 Å². The van der Waals surface area contributed by atoms with Crippen LogP contribution in [0.2, 0.25) is 0 Å². The van der Waals surface area contributed by atoms with Gasteiger partial charge in [-0.3, -0.25) is 9.59 Å². The number of hydrogen-bond donors (Lipinski definition) is 1. The first kappa shape index (κ1) is 16.2. The molecule has 1 aliphatic heterocycles. The Balaban J connectivity index is 2.11. The van der Waals surface area contributed by atoms with Gasteiger partial charge in [-0.15, -0.1) is 12.3 Å². The Morgan fingerprint density at radius 2 is 2.18 bits per heavy atom. The number of halogens is 2. The van der Waals surface area contributed by atoms with Crippen molar-refractivity contribution < 1.29 is 27.9 Å². The summed E-state index contributed by atoms with van der Waals surface area (Å²) in [6.45, 7) is 2.26. The van der Waals surface area contributed by atoms with Crippen LogP contribution in [0.1, 0.15) is 20.3 Å². The predicted octanol–water partition coefficient (Wildman–Crippen LogP) is 0.970. The maximum atomic E-state index is 13.2. The second-order valence-electron chi connectivity index (χ2n) is 5.93. The highest BCUT2D eigenvalue weighted by molar-refractivity contribution is 6.02. The molecule has 1 N–H and O–H groups in total. The van der Waals surface area contributed by atoms with Gasteiger partial charge in [-0.25, -0.2) is 18.5 Å². The van der Waals surface area contributed by atoms with Crippen LogP contribution in [0.15, 0.2) is 0 Å². The van der Waals surface area contributed by atoms with Gasteiger partial charge in [0.05, 0.1) is 12.0 Å². The first-order chi connectivity index (χ1) is 10.2. The second-order valence-corrected chi connectivity index (χ2v) is 5.93. The van der Waals surface area contributed by atoms with Crippen LogP contribution in [0.5, 0.6) is 0 Å². The van der Waals surface area contributed by atoms with Crippen molar-refractivity contribution in [1.82, 2.24) is 10.2 Å². The molecule has 1 heterocycles. The van der Waals surface area contributed by atoms with Crippen LogP contribution in [0.25, 0.3) is 0 Å². The molecule has 8 heteroatoms. The number of rotatable bonds is 5. The number of terminal acetylenes is 1. The highest BCUT2D eigenvalue weighted by Crippen LogP contribution is 2.73. The lowest BCUT2D eigenvalue weighted by Crippen LogP contribution is -2.36. The Kier molecular flexibility index (Phi) is 3.85. The Hall–Kier alpha value is -2.17. The molecule has 0 bridgehead atoms. The van der Waals surface area contributed by atoms with E-state index < -0.39 is 47.8 Å². The zero-order valence-corrected chi connectivity index (χ0v) is 12.2. The van der Waals surface area contributed by atoms with Crippen LogP contribution in [0.3, 0.4) is 0 Å². The zero-order chi connectivity index (χ0) is 16.7. The molecule has 3 amide bonds. The smallest absolute Gasteiger partial charge is 0.327 e. The zero-order valence-electron chi connectivity index (χ0n) is 12.2. The quantitative estimate of drug-likeness (QED) is 0.466. The molecule has 6 nitrogen and oxygen atoms in total. The van der Waals surface area contributed by atoms with E-state index >= 15 is 0 Å². The molecule has 120 valence electrons. The van der Waals surface area contributed by atoms with Crippen molar-refractivity contribution in [2.24, 2.45) is 16.7 Å². The van der Waals surface area contributed by atoms with Crippen molar-refractivity contribution in [3.8, 4) is 12.3 Å². The molecule has 0 aromatic carbocycles. The molecule has 1 aliphatic carbocycles. The minimum Gasteiger partial charge on any atom is -0.443 e. The molecule has 1 saturated heterocycles. The summed E-state index contributed by atoms with van der Waals surface area (Å²) in [4.78, 5) is 35.7. The van der Waals surface area contributed by atoms with Gasteiger partial charge in [-0.2, -0.15) is 0 Å². The lowest BCUT2D eigenvalue weighted by Gasteiger charge is -2.19. The summed E-state index contributed by atoms with van der Waals surface area (Å²) < 4.78 is 31.2. The summed E-state index contributed by atoms with van der Waals surface area (Å²) in [5.41, 5.74) is -2.50. The molecule has 0 radical (unpaired) electrons. The van der Waals surface area contributed by atoms with E-state index in [1.54, 1.807) is 0 Å². The SMILES string of the molecule is C#CCC1(C(=O)OCN2C(=O)CNC2=O)C(C(F)F)C1(C)C. The van der Waals surface area contributed by atoms with E-state index in [4.69, 9.17) is 11.2 Å². The van der Waals surface area contributed by atoms with Crippen molar-refractivity contribution in [3.05, 3.63) is 0 Å². The van der Waals surface area contributed by atoms with Crippen molar-refractivity contribution in [1.29, 1.82) is 0 Å². The minimum atomic E-state index is -2.72. The number of alkyl halides is 2. The first-order valence-corrected chi connectivity index (χ1v) is 6.67. The molecule has 2 aliphatic rings. The van der Waals surface area contributed by atoms with Crippen LogP contribution in [-0.2, 0) is 14.3 Å². The fourth-order valence-corrected chi connectivity index (χ4v) is 3.22. The number of nitrogens with one attached hydrogen (secondary N) is 1. The Labute approximate surface area is 126 Å². The summed E-state index contributed by atoms with van der Waals surface area (Å²) in [5, 5.41) is 2.26. The van der Waals surface area contributed by atoms with Crippen molar-refractivity contribution in [2.45, 2.75) is 26.7 Å². The lowest BCUT2D eigenvalue weighted by atomic mass is 9.92. The van der Waals surface area contributed by atoms with E-state index in [0.717, 1.165) is 0 Å². The number of imide groups is 1. The minimum absolute atomic E-state index is 0.183. The van der Waals surface area contributed by atoms with Crippen LogP contribution in [0.4, 0.5) is 13.6 Å². The Morgan fingerprint density at radius 3 is 2.59 bits per heavy atom. The third kappa shape index (κ3) is 2.12. The van der Waals surface area contributed by atoms with Crippen molar-refractivity contribution >= 4 is 17.9 Å². The van der Waals surface area contributed by atoms with Gasteiger partial charge in [0.1, 0.15) is 0 Å². The van der Waals surface area contributed by atoms with E-state index in [2.05, 4.69) is 11.2 Å². The van der Waals surface area contributed by atoms with E-state index in [1.807, 2.05) is 0 Å². The molecular weight excluding hydrogens is 298 g/mol. The maximum Gasteiger partial charge on any atom is 0.327 e. The molecule has 0 aromatic rings. The largest absolute Gasteiger partial charge is 0.443 e. The number of esters is 1. The number of nitrogens with zero attached hydrogens (tertiary/aromatic N) is 1. The average molecular weight is 314 g/mol. The molecule has 2 unspecified atom stereocenters. The van der Waals surface area contributed by atoms with Gasteiger partial charge in [0.15, 0.2) is 6.73 Å². The lowest BCUT2D eigenvalue weighted by molar-refractivity contribution is -0.157. The summed E-state index contributed by atoms with van der Waals surface area (Å²) in [7, 11) is 0. The molecule has 0 aromatic heterocycles. The summed E-state index contributed by atoms with van der Waals surface area (Å²) >= 11 is 0. The van der Waals surface area contributed by atoms with E-state index in [0.29, 0.717) is 4.90 Å². The number of hydrogen-bond acceptors (Lipinski definition) is 4. The van der Waals surface area contributed by atoms with Crippen LogP contribution in [-0.4, -0.2) is 42.5 Å². The fraction of sp³-hybridized carbons (Fsp3) is 0.643. The van der Waals surface area contributed by atoms with Crippen LogP contribution < -0.4 is 5.32 Å². The van der Waals surface area contributed by atoms with Gasteiger partial charge in [0.25, 0.3) is 5.91 Å². The summed E-state index contributed by atoms with van der Waals surface area (Å²) in [6.07, 6.45) is 2.31. The van der Waals surface area contributed by atoms with Crippen LogP contribution >= 0.6 is 0 Å². The average Bonchev–Trinajstić information content (AvgIpc) is 2.75. The molecular formula is C14H16F2N2O4. The van der Waals surface area contributed by atoms with Gasteiger partial charge in [-0.1, -0.05) is 13.8 Å². The number of amides is 3. The van der Waals surface area contributed by atoms with Crippen LogP contribution in [0, 0.1) is 29.1 Å². The highest BCUT2D eigenvalue weighted by atomic mass is 19.3. The molecule has 1 saturated carbocycles. The summed E-state index contributed by atoms with van der Waals surface area (Å²) in [5.74, 6) is -0.433. The normalized spacial score (nSPS) is 29.3. The van der Waals surface area contributed by atoms with E-state index in [1.165, 1.54) is 13.8 Å². The summed E-state index contributed by atoms with van der Waals surface area (Å²) in [6, 6.07) is -0.690. The highest BCUT2D eigenvalue weighted by Gasteiger charge is 2.79. The first-order valence-electron chi connectivity index (χ1n) is 6.67. The number of carbonyl (C=O) groups excluding carboxylic acids is 3. The standard InChI is InChI=1S/C14H16F2N2O4/c1-4-5-14(9(10(15)16)13(14,2)3)11(20)22-7-18-8(19)6-17-12(18)21/h1,9-10H,5-7H2,2-3H3,(H,17,21). The van der Waals surface area contributed by atoms with Gasteiger partial charge in [-0.05, 0) is 5.41 Å². The van der Waals surface area contributed by atoms with Gasteiger partial charge >= 0.3 is 12.0 Å². The van der Waals surface area contributed by atoms with E-state index in [9.17, 15) is 23.2 Å². The van der Waals surface area contributed by atoms with Crippen molar-refractivity contribution in [2.75, 3.05) is 13.3 Å². The number of ether oxygens (including phenoxy) is 1. The van der Waals surface area contributed by atoms with E-state index in [-0.39, 0.29) is 13.0 Å². The Morgan fingerprint density at radius 1 is 1.55 bits per heavy atom. The van der Waals surface area contributed by atoms with Crippen molar-refractivity contribution in [3.63, 3.8) is 0 Å². The molecule has 0 spiro atoms.